The zero-order chi connectivity index (χ0) is 17.7. The van der Waals surface area contributed by atoms with Crippen molar-refractivity contribution < 1.29 is 13.2 Å². The Morgan fingerprint density at radius 3 is 2.67 bits per heavy atom. The van der Waals surface area contributed by atoms with Crippen LogP contribution < -0.4 is 10.5 Å². The number of aryl methyl sites for hydroxylation is 1. The Bertz CT molecular complexity index is 656. The number of benzene rings is 1. The van der Waals surface area contributed by atoms with Gasteiger partial charge in [-0.15, -0.1) is 0 Å². The smallest absolute Gasteiger partial charge is 0.240 e. The Morgan fingerprint density at radius 1 is 1.38 bits per heavy atom. The fourth-order valence-corrected chi connectivity index (χ4v) is 4.01. The summed E-state index contributed by atoms with van der Waals surface area (Å²) in [5.41, 5.74) is 6.70. The maximum Gasteiger partial charge on any atom is 0.240 e. The lowest BCUT2D eigenvalue weighted by Crippen LogP contribution is -2.44. The summed E-state index contributed by atoms with van der Waals surface area (Å²) < 4.78 is 27.4. The molecule has 1 aromatic rings. The second-order valence-electron chi connectivity index (χ2n) is 6.69. The van der Waals surface area contributed by atoms with Crippen molar-refractivity contribution >= 4 is 15.9 Å². The Morgan fingerprint density at radius 2 is 2.04 bits per heavy atom. The van der Waals surface area contributed by atoms with E-state index in [0.29, 0.717) is 19.5 Å². The third-order valence-electron chi connectivity index (χ3n) is 4.26. The molecule has 1 aliphatic heterocycles. The highest BCUT2D eigenvalue weighted by molar-refractivity contribution is 7.89. The zero-order valence-electron chi connectivity index (χ0n) is 14.4. The number of hydrogen-bond donors (Lipinski definition) is 2. The first-order valence-electron chi connectivity index (χ1n) is 8.37. The molecule has 2 unspecified atom stereocenters. The number of rotatable bonds is 6. The highest BCUT2D eigenvalue weighted by atomic mass is 32.2. The average Bonchev–Trinajstić information content (AvgIpc) is 2.53. The fraction of sp³-hybridized carbons (Fsp3) is 0.588. The lowest BCUT2D eigenvalue weighted by atomic mass is 9.98. The van der Waals surface area contributed by atoms with Gasteiger partial charge in [0.05, 0.1) is 4.90 Å². The summed E-state index contributed by atoms with van der Waals surface area (Å²) in [6, 6.07) is 6.62. The first kappa shape index (κ1) is 18.9. The molecule has 1 fully saturated rings. The van der Waals surface area contributed by atoms with E-state index in [1.54, 1.807) is 29.2 Å². The van der Waals surface area contributed by atoms with Crippen LogP contribution in [0.2, 0.25) is 0 Å². The van der Waals surface area contributed by atoms with Gasteiger partial charge < -0.3 is 10.6 Å². The number of hydrogen-bond acceptors (Lipinski definition) is 4. The first-order chi connectivity index (χ1) is 11.3. The van der Waals surface area contributed by atoms with Crippen molar-refractivity contribution in [2.45, 2.75) is 44.0 Å². The molecule has 0 radical (unpaired) electrons. The minimum Gasteiger partial charge on any atom is -0.342 e. The predicted octanol–water partition coefficient (Wildman–Crippen LogP) is 1.25. The Balaban J connectivity index is 1.91. The van der Waals surface area contributed by atoms with Crippen LogP contribution in [0.4, 0.5) is 0 Å². The molecule has 0 aliphatic carbocycles. The molecule has 3 N–H and O–H groups in total. The molecule has 0 bridgehead atoms. The minimum absolute atomic E-state index is 0.0519. The summed E-state index contributed by atoms with van der Waals surface area (Å²) in [6.45, 7) is 5.39. The molecule has 0 spiro atoms. The number of carbonyl (C=O) groups is 1. The monoisotopic (exact) mass is 353 g/mol. The Kier molecular flexibility index (Phi) is 6.37. The number of nitrogens with one attached hydrogen (secondary N) is 1. The van der Waals surface area contributed by atoms with Gasteiger partial charge in [0.2, 0.25) is 15.9 Å². The fourth-order valence-electron chi connectivity index (χ4n) is 2.89. The van der Waals surface area contributed by atoms with E-state index in [-0.39, 0.29) is 22.8 Å². The van der Waals surface area contributed by atoms with Crippen LogP contribution in [-0.2, 0) is 14.8 Å². The third-order valence-corrected chi connectivity index (χ3v) is 5.70. The Hall–Kier alpha value is -1.44. The summed E-state index contributed by atoms with van der Waals surface area (Å²) in [5.74, 6) is 0.187. The van der Waals surface area contributed by atoms with Gasteiger partial charge in [0.1, 0.15) is 0 Å². The molecule has 6 nitrogen and oxygen atoms in total. The van der Waals surface area contributed by atoms with E-state index in [1.807, 2.05) is 13.8 Å². The van der Waals surface area contributed by atoms with Crippen molar-refractivity contribution in [3.05, 3.63) is 29.8 Å². The maximum atomic E-state index is 12.3. The normalized spacial score (nSPS) is 20.0. The number of amides is 1. The standard InChI is InChI=1S/C17H27N3O3S/c1-13-5-7-16(8-6-13)24(22,23)19-11-15-4-3-9-20(12-15)17(21)10-14(2)18/h5-8,14-15,19H,3-4,9-12,18H2,1-2H3. The van der Waals surface area contributed by atoms with Crippen molar-refractivity contribution in [3.63, 3.8) is 0 Å². The van der Waals surface area contributed by atoms with Gasteiger partial charge in [0, 0.05) is 32.1 Å². The van der Waals surface area contributed by atoms with E-state index in [2.05, 4.69) is 4.72 Å². The number of nitrogens with zero attached hydrogens (tertiary/aromatic N) is 1. The molecule has 1 saturated heterocycles. The maximum absolute atomic E-state index is 12.3. The van der Waals surface area contributed by atoms with Crippen LogP contribution in [0.1, 0.15) is 31.7 Å². The largest absolute Gasteiger partial charge is 0.342 e. The second-order valence-corrected chi connectivity index (χ2v) is 8.46. The number of piperidine rings is 1. The van der Waals surface area contributed by atoms with Gasteiger partial charge in [-0.2, -0.15) is 0 Å². The van der Waals surface area contributed by atoms with Gasteiger partial charge in [-0.3, -0.25) is 4.79 Å². The van der Waals surface area contributed by atoms with Crippen LogP contribution in [-0.4, -0.2) is 44.9 Å². The van der Waals surface area contributed by atoms with Crippen molar-refractivity contribution in [2.75, 3.05) is 19.6 Å². The summed E-state index contributed by atoms with van der Waals surface area (Å²) in [6.07, 6.45) is 2.14. The molecule has 1 aliphatic rings. The topological polar surface area (TPSA) is 92.5 Å². The molecular weight excluding hydrogens is 326 g/mol. The van der Waals surface area contributed by atoms with Gasteiger partial charge in [-0.1, -0.05) is 17.7 Å². The molecule has 24 heavy (non-hydrogen) atoms. The lowest BCUT2D eigenvalue weighted by Gasteiger charge is -2.33. The molecule has 0 aromatic heterocycles. The Labute approximate surface area is 144 Å². The third kappa shape index (κ3) is 5.29. The van der Waals surface area contributed by atoms with Crippen molar-refractivity contribution in [2.24, 2.45) is 11.7 Å². The van der Waals surface area contributed by atoms with Gasteiger partial charge in [0.25, 0.3) is 0 Å². The molecule has 1 aromatic carbocycles. The number of likely N-dealkylation sites (tertiary alicyclic amines) is 1. The van der Waals surface area contributed by atoms with Crippen molar-refractivity contribution in [1.82, 2.24) is 9.62 Å². The zero-order valence-corrected chi connectivity index (χ0v) is 15.2. The van der Waals surface area contributed by atoms with Crippen LogP contribution in [0.3, 0.4) is 0 Å². The summed E-state index contributed by atoms with van der Waals surface area (Å²) in [7, 11) is -3.51. The molecule has 1 heterocycles. The average molecular weight is 353 g/mol. The number of nitrogens with two attached hydrogens (primary N) is 1. The van der Waals surface area contributed by atoms with Crippen LogP contribution in [0.5, 0.6) is 0 Å². The SMILES string of the molecule is Cc1ccc(S(=O)(=O)NCC2CCCN(C(=O)CC(C)N)C2)cc1. The van der Waals surface area contributed by atoms with Gasteiger partial charge in [0.15, 0.2) is 0 Å². The predicted molar refractivity (Wildman–Crippen MR) is 93.9 cm³/mol. The molecule has 7 heteroatoms. The van der Waals surface area contributed by atoms with Crippen LogP contribution in [0.15, 0.2) is 29.2 Å². The van der Waals surface area contributed by atoms with Gasteiger partial charge in [-0.25, -0.2) is 13.1 Å². The lowest BCUT2D eigenvalue weighted by molar-refractivity contribution is -0.133. The first-order valence-corrected chi connectivity index (χ1v) is 9.86. The van der Waals surface area contributed by atoms with E-state index in [4.69, 9.17) is 5.73 Å². The second kappa shape index (κ2) is 8.09. The quantitative estimate of drug-likeness (QED) is 0.805. The summed E-state index contributed by atoms with van der Waals surface area (Å²) >= 11 is 0. The molecule has 0 saturated carbocycles. The number of sulfonamides is 1. The highest BCUT2D eigenvalue weighted by Crippen LogP contribution is 2.18. The minimum atomic E-state index is -3.51. The van der Waals surface area contributed by atoms with E-state index < -0.39 is 10.0 Å². The van der Waals surface area contributed by atoms with Crippen LogP contribution in [0, 0.1) is 12.8 Å². The van der Waals surface area contributed by atoms with Crippen molar-refractivity contribution in [1.29, 1.82) is 0 Å². The van der Waals surface area contributed by atoms with Gasteiger partial charge in [-0.05, 0) is 44.7 Å². The van der Waals surface area contributed by atoms with E-state index >= 15 is 0 Å². The van der Waals surface area contributed by atoms with E-state index in [9.17, 15) is 13.2 Å². The van der Waals surface area contributed by atoms with Crippen molar-refractivity contribution in [3.8, 4) is 0 Å². The van der Waals surface area contributed by atoms with Gasteiger partial charge >= 0.3 is 0 Å². The molecule has 134 valence electrons. The highest BCUT2D eigenvalue weighted by Gasteiger charge is 2.25. The summed E-state index contributed by atoms with van der Waals surface area (Å²) in [5, 5.41) is 0. The van der Waals surface area contributed by atoms with Crippen LogP contribution in [0.25, 0.3) is 0 Å². The molecular formula is C17H27N3O3S. The van der Waals surface area contributed by atoms with E-state index in [0.717, 1.165) is 24.9 Å². The summed E-state index contributed by atoms with van der Waals surface area (Å²) in [4.78, 5) is 14.2. The molecule has 2 atom stereocenters. The molecule has 1 amide bonds. The van der Waals surface area contributed by atoms with Crippen LogP contribution >= 0.6 is 0 Å². The molecule has 2 rings (SSSR count). The number of carbonyl (C=O) groups excluding carboxylic acids is 1. The van der Waals surface area contributed by atoms with E-state index in [1.165, 1.54) is 0 Å².